The molecule has 1 aromatic rings. The van der Waals surface area contributed by atoms with Crippen LogP contribution in [0.5, 0.6) is 0 Å². The van der Waals surface area contributed by atoms with Crippen molar-refractivity contribution in [3.8, 4) is 0 Å². The van der Waals surface area contributed by atoms with Gasteiger partial charge in [-0.25, -0.2) is 8.42 Å². The fourth-order valence-electron chi connectivity index (χ4n) is 3.52. The number of amides is 1. The molecule has 0 aromatic heterocycles. The summed E-state index contributed by atoms with van der Waals surface area (Å²) in [6, 6.07) is 4.20. The third-order valence-corrected chi connectivity index (χ3v) is 7.23. The number of benzene rings is 1. The van der Waals surface area contributed by atoms with Crippen LogP contribution in [0.25, 0.3) is 0 Å². The molecule has 170 valence electrons. The second-order valence-corrected chi connectivity index (χ2v) is 11.0. The highest BCUT2D eigenvalue weighted by atomic mass is 32.2. The Morgan fingerprint density at radius 1 is 1.07 bits per heavy atom. The fraction of sp³-hybridized carbons (Fsp3) is 0.667. The van der Waals surface area contributed by atoms with Gasteiger partial charge in [-0.3, -0.25) is 4.79 Å². The Balaban J connectivity index is 1.80. The van der Waals surface area contributed by atoms with E-state index < -0.39 is 27.0 Å². The quantitative estimate of drug-likeness (QED) is 0.623. The number of halogens is 3. The van der Waals surface area contributed by atoms with E-state index in [0.29, 0.717) is 32.0 Å². The topological polar surface area (TPSA) is 75.3 Å². The highest BCUT2D eigenvalue weighted by Crippen LogP contribution is 2.32. The molecule has 5 nitrogen and oxygen atoms in total. The van der Waals surface area contributed by atoms with Gasteiger partial charge in [-0.05, 0) is 49.8 Å². The molecule has 1 aromatic carbocycles. The molecule has 30 heavy (non-hydrogen) atoms. The molecule has 0 saturated heterocycles. The molecule has 1 aliphatic carbocycles. The Labute approximate surface area is 176 Å². The number of hydrogen-bond donors (Lipinski definition) is 2. The van der Waals surface area contributed by atoms with Gasteiger partial charge in [0.05, 0.1) is 16.2 Å². The van der Waals surface area contributed by atoms with Crippen LogP contribution < -0.4 is 10.6 Å². The Morgan fingerprint density at radius 2 is 1.70 bits per heavy atom. The predicted molar refractivity (Wildman–Crippen MR) is 110 cm³/mol. The molecule has 0 unspecified atom stereocenters. The summed E-state index contributed by atoms with van der Waals surface area (Å²) in [5.74, 6) is -0.209. The smallest absolute Gasteiger partial charge is 0.354 e. The van der Waals surface area contributed by atoms with Crippen molar-refractivity contribution in [2.75, 3.05) is 18.8 Å². The first kappa shape index (κ1) is 24.7. The summed E-state index contributed by atoms with van der Waals surface area (Å²) < 4.78 is 63.8. The van der Waals surface area contributed by atoms with Crippen LogP contribution >= 0.6 is 0 Å². The van der Waals surface area contributed by atoms with Gasteiger partial charge in [0, 0.05) is 24.5 Å². The number of alkyl halides is 3. The summed E-state index contributed by atoms with van der Waals surface area (Å²) in [7, 11) is -3.77. The van der Waals surface area contributed by atoms with Crippen LogP contribution in [0.1, 0.15) is 52.0 Å². The summed E-state index contributed by atoms with van der Waals surface area (Å²) in [6.45, 7) is 6.72. The lowest BCUT2D eigenvalue weighted by atomic mass is 9.87. The molecule has 1 aliphatic rings. The highest BCUT2D eigenvalue weighted by molar-refractivity contribution is 7.91. The van der Waals surface area contributed by atoms with E-state index in [2.05, 4.69) is 10.6 Å². The summed E-state index contributed by atoms with van der Waals surface area (Å²) in [5, 5.41) is 6.25. The first-order valence-electron chi connectivity index (χ1n) is 10.2. The zero-order valence-electron chi connectivity index (χ0n) is 17.7. The Bertz CT molecular complexity index is 825. The first-order valence-corrected chi connectivity index (χ1v) is 11.9. The van der Waals surface area contributed by atoms with Gasteiger partial charge in [-0.1, -0.05) is 26.8 Å². The number of sulfone groups is 1. The van der Waals surface area contributed by atoms with Crippen LogP contribution in [-0.2, 0) is 20.8 Å². The zero-order chi connectivity index (χ0) is 22.6. The Hall–Kier alpha value is -1.61. The molecule has 2 rings (SSSR count). The molecule has 0 bridgehead atoms. The van der Waals surface area contributed by atoms with Crippen LogP contribution in [0.2, 0.25) is 0 Å². The maximum absolute atomic E-state index is 12.9. The Morgan fingerprint density at radius 3 is 2.27 bits per heavy atom. The third kappa shape index (κ3) is 7.27. The van der Waals surface area contributed by atoms with E-state index in [0.717, 1.165) is 25.0 Å². The molecule has 2 N–H and O–H groups in total. The third-order valence-electron chi connectivity index (χ3n) is 5.35. The van der Waals surface area contributed by atoms with Crippen LogP contribution in [-0.4, -0.2) is 39.2 Å². The molecule has 1 saturated carbocycles. The monoisotopic (exact) mass is 448 g/mol. The molecule has 0 aliphatic heterocycles. The van der Waals surface area contributed by atoms with Crippen molar-refractivity contribution >= 4 is 15.7 Å². The van der Waals surface area contributed by atoms with Crippen molar-refractivity contribution in [2.45, 2.75) is 63.6 Å². The van der Waals surface area contributed by atoms with Gasteiger partial charge in [-0.15, -0.1) is 0 Å². The second-order valence-electron chi connectivity index (χ2n) is 8.98. The van der Waals surface area contributed by atoms with Gasteiger partial charge >= 0.3 is 6.18 Å². The van der Waals surface area contributed by atoms with Crippen LogP contribution in [0.15, 0.2) is 29.2 Å². The molecular weight excluding hydrogens is 417 g/mol. The second kappa shape index (κ2) is 9.68. The van der Waals surface area contributed by atoms with Crippen molar-refractivity contribution < 1.29 is 26.4 Å². The summed E-state index contributed by atoms with van der Waals surface area (Å²) in [6.07, 6.45) is -1.57. The molecule has 0 atom stereocenters. The lowest BCUT2D eigenvalue weighted by Gasteiger charge is -2.29. The summed E-state index contributed by atoms with van der Waals surface area (Å²) in [5.41, 5.74) is -1.38. The largest absolute Gasteiger partial charge is 0.416 e. The maximum atomic E-state index is 12.9. The van der Waals surface area contributed by atoms with E-state index in [4.69, 9.17) is 0 Å². The molecule has 9 heteroatoms. The summed E-state index contributed by atoms with van der Waals surface area (Å²) in [4.78, 5) is 11.6. The van der Waals surface area contributed by atoms with Crippen molar-refractivity contribution in [2.24, 2.45) is 11.3 Å². The lowest BCUT2D eigenvalue weighted by Crippen LogP contribution is -2.42. The fourth-order valence-corrected chi connectivity index (χ4v) is 5.26. The van der Waals surface area contributed by atoms with E-state index >= 15 is 0 Å². The minimum Gasteiger partial charge on any atom is -0.354 e. The van der Waals surface area contributed by atoms with Gasteiger partial charge in [0.1, 0.15) is 0 Å². The van der Waals surface area contributed by atoms with Crippen LogP contribution in [0, 0.1) is 11.3 Å². The van der Waals surface area contributed by atoms with E-state index in [1.165, 1.54) is 6.07 Å². The SMILES string of the molecule is CC(C)(C)C(=O)NCCN[C@H]1CC[C@@H](CS(=O)(=O)c2cccc(C(F)(F)F)c2)CC1. The standard InChI is InChI=1S/C21H31F3N2O3S/c1-20(2,3)19(27)26-12-11-25-17-9-7-15(8-10-17)14-30(28,29)18-6-4-5-16(13-18)21(22,23)24/h4-6,13,15,17,25H,7-12,14H2,1-3H3,(H,26,27)/t15-,17+. The summed E-state index contributed by atoms with van der Waals surface area (Å²) >= 11 is 0. The number of carbonyl (C=O) groups is 1. The normalized spacial score (nSPS) is 20.7. The van der Waals surface area contributed by atoms with Crippen molar-refractivity contribution in [1.29, 1.82) is 0 Å². The van der Waals surface area contributed by atoms with Crippen LogP contribution in [0.4, 0.5) is 13.2 Å². The van der Waals surface area contributed by atoms with Gasteiger partial charge in [-0.2, -0.15) is 13.2 Å². The number of carbonyl (C=O) groups excluding carboxylic acids is 1. The van der Waals surface area contributed by atoms with Crippen molar-refractivity contribution in [1.82, 2.24) is 10.6 Å². The Kier molecular flexibility index (Phi) is 7.96. The number of rotatable bonds is 7. The highest BCUT2D eigenvalue weighted by Gasteiger charge is 2.32. The van der Waals surface area contributed by atoms with Crippen molar-refractivity contribution in [3.63, 3.8) is 0 Å². The lowest BCUT2D eigenvalue weighted by molar-refractivity contribution is -0.137. The van der Waals surface area contributed by atoms with E-state index in [1.807, 2.05) is 20.8 Å². The minimum atomic E-state index is -4.57. The van der Waals surface area contributed by atoms with Gasteiger partial charge in [0.2, 0.25) is 5.91 Å². The molecular formula is C21H31F3N2O3S. The van der Waals surface area contributed by atoms with Gasteiger partial charge < -0.3 is 10.6 Å². The van der Waals surface area contributed by atoms with E-state index in [-0.39, 0.29) is 28.5 Å². The average molecular weight is 449 g/mol. The number of nitrogens with one attached hydrogen (secondary N) is 2. The van der Waals surface area contributed by atoms with Gasteiger partial charge in [0.25, 0.3) is 0 Å². The van der Waals surface area contributed by atoms with Gasteiger partial charge in [0.15, 0.2) is 9.84 Å². The molecule has 0 heterocycles. The molecule has 1 fully saturated rings. The maximum Gasteiger partial charge on any atom is 0.416 e. The number of hydrogen-bond acceptors (Lipinski definition) is 4. The molecule has 1 amide bonds. The average Bonchev–Trinajstić information content (AvgIpc) is 2.65. The molecule has 0 spiro atoms. The zero-order valence-corrected chi connectivity index (χ0v) is 18.5. The van der Waals surface area contributed by atoms with Crippen molar-refractivity contribution in [3.05, 3.63) is 29.8 Å². The van der Waals surface area contributed by atoms with E-state index in [1.54, 1.807) is 0 Å². The van der Waals surface area contributed by atoms with E-state index in [9.17, 15) is 26.4 Å². The molecule has 0 radical (unpaired) electrons. The first-order chi connectivity index (χ1) is 13.8. The minimum absolute atomic E-state index is 0.00666. The van der Waals surface area contributed by atoms with Crippen LogP contribution in [0.3, 0.4) is 0 Å². The predicted octanol–water partition coefficient (Wildman–Crippen LogP) is 3.79.